The monoisotopic (exact) mass is 517 g/mol. The molecule has 0 saturated carbocycles. The molecule has 0 radical (unpaired) electrons. The third-order valence-corrected chi connectivity index (χ3v) is 6.71. The molecule has 5 aromatic rings. The van der Waals surface area contributed by atoms with Crippen molar-refractivity contribution in [2.45, 2.75) is 26.1 Å². The quantitative estimate of drug-likeness (QED) is 0.206. The SMILES string of the molecule is COC(=O)c1ccccc1-c1cc(COC2OCc3cc4ccccc4nc32)cc(OCc2ccccc2)c1. The number of carbonyl (C=O) groups is 1. The Hall–Kier alpha value is -4.52. The Morgan fingerprint density at radius 3 is 2.54 bits per heavy atom. The first-order chi connectivity index (χ1) is 19.2. The summed E-state index contributed by atoms with van der Waals surface area (Å²) >= 11 is 0. The molecule has 1 aliphatic heterocycles. The first-order valence-electron chi connectivity index (χ1n) is 12.8. The van der Waals surface area contributed by atoms with Gasteiger partial charge >= 0.3 is 5.97 Å². The van der Waals surface area contributed by atoms with Crippen molar-refractivity contribution in [3.8, 4) is 16.9 Å². The summed E-state index contributed by atoms with van der Waals surface area (Å²) in [6, 6.07) is 33.4. The van der Waals surface area contributed by atoms with Gasteiger partial charge in [0.1, 0.15) is 18.1 Å². The number of aromatic nitrogens is 1. The van der Waals surface area contributed by atoms with E-state index >= 15 is 0 Å². The molecule has 4 aromatic carbocycles. The van der Waals surface area contributed by atoms with Crippen LogP contribution in [0.3, 0.4) is 0 Å². The molecule has 2 heterocycles. The van der Waals surface area contributed by atoms with E-state index in [0.29, 0.717) is 24.5 Å². The maximum atomic E-state index is 12.5. The van der Waals surface area contributed by atoms with E-state index in [1.807, 2.05) is 91.0 Å². The normalized spacial score (nSPS) is 14.2. The molecule has 1 unspecified atom stereocenters. The molecule has 0 amide bonds. The minimum atomic E-state index is -0.565. The summed E-state index contributed by atoms with van der Waals surface area (Å²) in [7, 11) is 1.38. The average Bonchev–Trinajstić information content (AvgIpc) is 3.39. The molecule has 0 spiro atoms. The van der Waals surface area contributed by atoms with E-state index in [0.717, 1.165) is 44.4 Å². The lowest BCUT2D eigenvalue weighted by molar-refractivity contribution is -0.147. The second-order valence-corrected chi connectivity index (χ2v) is 9.36. The molecule has 0 N–H and O–H groups in total. The Kier molecular flexibility index (Phi) is 7.04. The highest BCUT2D eigenvalue weighted by Crippen LogP contribution is 2.34. The van der Waals surface area contributed by atoms with Crippen LogP contribution in [-0.4, -0.2) is 18.1 Å². The summed E-state index contributed by atoms with van der Waals surface area (Å²) in [5.41, 5.74) is 6.76. The Labute approximate surface area is 226 Å². The van der Waals surface area contributed by atoms with E-state index < -0.39 is 12.3 Å². The van der Waals surface area contributed by atoms with Crippen molar-refractivity contribution in [1.82, 2.24) is 4.98 Å². The zero-order valence-electron chi connectivity index (χ0n) is 21.5. The number of hydrogen-bond acceptors (Lipinski definition) is 6. The van der Waals surface area contributed by atoms with Gasteiger partial charge in [-0.3, -0.25) is 0 Å². The van der Waals surface area contributed by atoms with Gasteiger partial charge in [-0.25, -0.2) is 9.78 Å². The van der Waals surface area contributed by atoms with Crippen LogP contribution >= 0.6 is 0 Å². The lowest BCUT2D eigenvalue weighted by Gasteiger charge is -2.16. The minimum absolute atomic E-state index is 0.272. The molecule has 6 nitrogen and oxygen atoms in total. The van der Waals surface area contributed by atoms with Gasteiger partial charge in [-0.2, -0.15) is 0 Å². The van der Waals surface area contributed by atoms with Crippen LogP contribution in [0.15, 0.2) is 103 Å². The highest BCUT2D eigenvalue weighted by atomic mass is 16.7. The lowest BCUT2D eigenvalue weighted by Crippen LogP contribution is -2.06. The molecule has 1 atom stereocenters. The van der Waals surface area contributed by atoms with Gasteiger partial charge in [0.15, 0.2) is 0 Å². The summed E-state index contributed by atoms with van der Waals surface area (Å²) in [4.78, 5) is 17.3. The molecule has 6 heteroatoms. The number of carbonyl (C=O) groups excluding carboxylic acids is 1. The summed E-state index contributed by atoms with van der Waals surface area (Å²) < 4.78 is 23.4. The fourth-order valence-electron chi connectivity index (χ4n) is 4.78. The lowest BCUT2D eigenvalue weighted by atomic mass is 9.98. The summed E-state index contributed by atoms with van der Waals surface area (Å²) in [5, 5.41) is 1.08. The van der Waals surface area contributed by atoms with Crippen LogP contribution in [0.25, 0.3) is 22.0 Å². The van der Waals surface area contributed by atoms with Crippen LogP contribution in [0.5, 0.6) is 5.75 Å². The molecule has 1 aromatic heterocycles. The zero-order chi connectivity index (χ0) is 26.6. The topological polar surface area (TPSA) is 66.9 Å². The highest BCUT2D eigenvalue weighted by molar-refractivity contribution is 5.97. The van der Waals surface area contributed by atoms with E-state index in [1.54, 1.807) is 6.07 Å². The predicted molar refractivity (Wildman–Crippen MR) is 148 cm³/mol. The third kappa shape index (κ3) is 5.39. The molecule has 0 aliphatic carbocycles. The molecule has 0 fully saturated rings. The standard InChI is InChI=1S/C33H27NO5/c1-36-32(35)29-13-7-6-12-28(29)25-15-23(16-27(18-25)37-19-22-9-3-2-4-10-22)20-38-33-31-26(21-39-33)17-24-11-5-8-14-30(24)34-31/h2-18,33H,19-21H2,1H3. The van der Waals surface area contributed by atoms with Crippen LogP contribution in [0.2, 0.25) is 0 Å². The van der Waals surface area contributed by atoms with E-state index in [1.165, 1.54) is 7.11 Å². The Bertz CT molecular complexity index is 1630. The zero-order valence-corrected chi connectivity index (χ0v) is 21.5. The second kappa shape index (κ2) is 11.1. The number of para-hydroxylation sites is 1. The fourth-order valence-corrected chi connectivity index (χ4v) is 4.78. The second-order valence-electron chi connectivity index (χ2n) is 9.36. The molecule has 194 valence electrons. The van der Waals surface area contributed by atoms with Gasteiger partial charge in [0.25, 0.3) is 0 Å². The van der Waals surface area contributed by atoms with Gasteiger partial charge in [-0.05, 0) is 58.7 Å². The Morgan fingerprint density at radius 2 is 1.67 bits per heavy atom. The Balaban J connectivity index is 1.29. The highest BCUT2D eigenvalue weighted by Gasteiger charge is 2.26. The maximum Gasteiger partial charge on any atom is 0.338 e. The van der Waals surface area contributed by atoms with Gasteiger partial charge in [0.2, 0.25) is 6.29 Å². The van der Waals surface area contributed by atoms with Crippen molar-refractivity contribution in [1.29, 1.82) is 0 Å². The van der Waals surface area contributed by atoms with Gasteiger partial charge in [0, 0.05) is 10.9 Å². The number of ether oxygens (including phenoxy) is 4. The van der Waals surface area contributed by atoms with Crippen LogP contribution in [0, 0.1) is 0 Å². The van der Waals surface area contributed by atoms with E-state index in [-0.39, 0.29) is 6.61 Å². The average molecular weight is 518 g/mol. The van der Waals surface area contributed by atoms with Crippen LogP contribution in [0.1, 0.15) is 39.0 Å². The van der Waals surface area contributed by atoms with Crippen LogP contribution in [-0.2, 0) is 34.0 Å². The van der Waals surface area contributed by atoms with Crippen molar-refractivity contribution in [2.24, 2.45) is 0 Å². The Morgan fingerprint density at radius 1 is 0.872 bits per heavy atom. The van der Waals surface area contributed by atoms with Crippen molar-refractivity contribution < 1.29 is 23.7 Å². The molecule has 1 aliphatic rings. The van der Waals surface area contributed by atoms with Crippen molar-refractivity contribution in [3.63, 3.8) is 0 Å². The first-order valence-corrected chi connectivity index (χ1v) is 12.8. The molecule has 39 heavy (non-hydrogen) atoms. The van der Waals surface area contributed by atoms with Crippen molar-refractivity contribution in [2.75, 3.05) is 7.11 Å². The van der Waals surface area contributed by atoms with Crippen LogP contribution < -0.4 is 4.74 Å². The molecular weight excluding hydrogens is 490 g/mol. The van der Waals surface area contributed by atoms with Crippen molar-refractivity contribution >= 4 is 16.9 Å². The first kappa shape index (κ1) is 24.8. The largest absolute Gasteiger partial charge is 0.489 e. The van der Waals surface area contributed by atoms with Crippen molar-refractivity contribution in [3.05, 3.63) is 131 Å². The summed E-state index contributed by atoms with van der Waals surface area (Å²) in [6.45, 7) is 1.14. The minimum Gasteiger partial charge on any atom is -0.489 e. The summed E-state index contributed by atoms with van der Waals surface area (Å²) in [6.07, 6.45) is -0.565. The van der Waals surface area contributed by atoms with Gasteiger partial charge in [-0.15, -0.1) is 0 Å². The third-order valence-electron chi connectivity index (χ3n) is 6.71. The van der Waals surface area contributed by atoms with Gasteiger partial charge < -0.3 is 18.9 Å². The molecule has 0 saturated heterocycles. The number of benzene rings is 4. The number of hydrogen-bond donors (Lipinski definition) is 0. The van der Waals surface area contributed by atoms with Crippen LogP contribution in [0.4, 0.5) is 0 Å². The summed E-state index contributed by atoms with van der Waals surface area (Å²) in [5.74, 6) is 0.278. The number of rotatable bonds is 8. The smallest absolute Gasteiger partial charge is 0.338 e. The molecule has 0 bridgehead atoms. The van der Waals surface area contributed by atoms with E-state index in [4.69, 9.17) is 23.9 Å². The maximum absolute atomic E-state index is 12.5. The van der Waals surface area contributed by atoms with E-state index in [2.05, 4.69) is 6.07 Å². The molecular formula is C33H27NO5. The number of pyridine rings is 1. The predicted octanol–water partition coefficient (Wildman–Crippen LogP) is 7.01. The number of methoxy groups -OCH3 is 1. The fraction of sp³-hybridized carbons (Fsp3) is 0.152. The number of nitrogens with zero attached hydrogens (tertiary/aromatic N) is 1. The van der Waals surface area contributed by atoms with Gasteiger partial charge in [0.05, 0.1) is 31.4 Å². The molecule has 6 rings (SSSR count). The van der Waals surface area contributed by atoms with Gasteiger partial charge in [-0.1, -0.05) is 66.7 Å². The number of fused-ring (bicyclic) bond motifs is 2. The number of esters is 1. The van der Waals surface area contributed by atoms with E-state index in [9.17, 15) is 4.79 Å².